The third kappa shape index (κ3) is 7.95. The molecule has 0 radical (unpaired) electrons. The van der Waals surface area contributed by atoms with E-state index >= 15 is 8.78 Å². The van der Waals surface area contributed by atoms with Gasteiger partial charge in [0.1, 0.15) is 52.2 Å². The number of thiophene rings is 1. The predicted molar refractivity (Wildman–Crippen MR) is 227 cm³/mol. The van der Waals surface area contributed by atoms with Gasteiger partial charge in [0.2, 0.25) is 0 Å². The lowest BCUT2D eigenvalue weighted by molar-refractivity contribution is 0.0232. The van der Waals surface area contributed by atoms with Gasteiger partial charge in [-0.15, -0.1) is 11.3 Å². The Labute approximate surface area is 361 Å². The molecule has 4 aromatic rings. The molecule has 4 atom stereocenters. The molecule has 8 rings (SSSR count). The number of hydrogen-bond donors (Lipinski definition) is 1. The molecule has 0 unspecified atom stereocenters. The molecule has 6 heterocycles. The van der Waals surface area contributed by atoms with E-state index in [1.807, 2.05) is 32.6 Å². The summed E-state index contributed by atoms with van der Waals surface area (Å²) < 4.78 is 72.2. The predicted octanol–water partition coefficient (Wildman–Crippen LogP) is 9.60. The monoisotopic (exact) mass is 883 g/mol. The van der Waals surface area contributed by atoms with E-state index in [4.69, 9.17) is 35.5 Å². The summed E-state index contributed by atoms with van der Waals surface area (Å²) in [6, 6.07) is 3.74. The van der Waals surface area contributed by atoms with Gasteiger partial charge in [-0.25, -0.2) is 22.8 Å². The van der Waals surface area contributed by atoms with Crippen molar-refractivity contribution in [2.45, 2.75) is 116 Å². The maximum Gasteiger partial charge on any atom is 0.412 e. The van der Waals surface area contributed by atoms with Crippen molar-refractivity contribution in [3.8, 4) is 29.0 Å². The lowest BCUT2D eigenvalue weighted by Crippen LogP contribution is -2.48. The average molecular weight is 884 g/mol. The molecule has 0 saturated carbocycles. The quantitative estimate of drug-likeness (QED) is 0.198. The molecule has 4 aliphatic rings. The topological polar surface area (TPSA) is 142 Å². The largest absolute Gasteiger partial charge is 0.491 e. The Kier molecular flexibility index (Phi) is 11.1. The van der Waals surface area contributed by atoms with E-state index in [1.54, 1.807) is 25.7 Å². The van der Waals surface area contributed by atoms with Crippen molar-refractivity contribution in [3.05, 3.63) is 34.4 Å². The first-order valence-corrected chi connectivity index (χ1v) is 21.8. The highest BCUT2D eigenvalue weighted by Crippen LogP contribution is 2.52. The van der Waals surface area contributed by atoms with Gasteiger partial charge >= 0.3 is 18.2 Å². The molecule has 13 nitrogen and oxygen atoms in total. The van der Waals surface area contributed by atoms with Gasteiger partial charge in [0, 0.05) is 37.0 Å². The second kappa shape index (κ2) is 15.8. The summed E-state index contributed by atoms with van der Waals surface area (Å²) >= 11 is 8.04. The number of likely N-dealkylation sites (tertiary alicyclic amines) is 1. The van der Waals surface area contributed by atoms with E-state index in [0.29, 0.717) is 38.9 Å². The van der Waals surface area contributed by atoms with E-state index in [2.05, 4.69) is 21.3 Å². The maximum absolute atomic E-state index is 17.8. The fraction of sp³-hybridized carbons (Fsp3) is 0.558. The summed E-state index contributed by atoms with van der Waals surface area (Å²) in [4.78, 5) is 41.6. The van der Waals surface area contributed by atoms with Crippen LogP contribution in [0.15, 0.2) is 12.1 Å². The molecule has 2 aromatic heterocycles. The number of amides is 2. The molecular formula is C43H49ClF3N7O6S. The number of alkyl halides is 1. The summed E-state index contributed by atoms with van der Waals surface area (Å²) in [6.07, 6.45) is 0.615. The fourth-order valence-electron chi connectivity index (χ4n) is 9.25. The molecule has 3 saturated heterocycles. The van der Waals surface area contributed by atoms with Gasteiger partial charge in [-0.1, -0.05) is 17.7 Å². The van der Waals surface area contributed by atoms with Crippen LogP contribution in [0.5, 0.6) is 11.8 Å². The second-order valence-corrected chi connectivity index (χ2v) is 19.7. The molecule has 0 spiro atoms. The van der Waals surface area contributed by atoms with Gasteiger partial charge in [-0.2, -0.15) is 15.2 Å². The Hall–Kier alpha value is -4.79. The smallest absolute Gasteiger partial charge is 0.412 e. The SMILES string of the molecule is C[C@@H]1[C@H](N2CCCOc3c(Cl)c(-c4ccc(F)c5sc(NC(=O)OC(C)(C)C)c(C#N)c45)c(F)c4nc(OC[C@@]56CCCN5C[C@H](F)C6)nc2c34)CCN1C(=O)OC(C)(C)C. The molecular weight excluding hydrogens is 835 g/mol. The van der Waals surface area contributed by atoms with Crippen molar-refractivity contribution in [2.24, 2.45) is 0 Å². The number of nitriles is 1. The maximum atomic E-state index is 17.8. The van der Waals surface area contributed by atoms with Crippen LogP contribution in [0.3, 0.4) is 0 Å². The number of benzene rings is 2. The van der Waals surface area contributed by atoms with Crippen LogP contribution in [0.25, 0.3) is 32.1 Å². The standard InChI is InChI=1S/C43H49ClF3N7O6S/c1-22-27(12-16-53(22)40(56)60-42(5,6)7)54-15-9-17-57-34-30-33(49-38(50-36(30)54)58-21-43-13-8-14-52(43)20-23(45)18-43)32(47)29(31(34)44)24-10-11-26(46)35-28(24)25(19-48)37(61-35)51-39(55)59-41(2,3)4/h10-11,22-23,27H,8-9,12-18,20-21H2,1-7H3,(H,51,55)/t22-,23-,27-,43+/m1/s1. The Morgan fingerprint density at radius 2 is 1.84 bits per heavy atom. The first-order valence-electron chi connectivity index (χ1n) is 20.6. The third-order valence-electron chi connectivity index (χ3n) is 11.8. The number of aromatic nitrogens is 2. The minimum atomic E-state index is -1.01. The Morgan fingerprint density at radius 3 is 2.56 bits per heavy atom. The van der Waals surface area contributed by atoms with Crippen molar-refractivity contribution in [1.29, 1.82) is 5.26 Å². The van der Waals surface area contributed by atoms with E-state index in [9.17, 15) is 19.2 Å². The van der Waals surface area contributed by atoms with Gasteiger partial charge < -0.3 is 28.7 Å². The normalized spacial score (nSPS) is 23.1. The first kappa shape index (κ1) is 42.9. The molecule has 2 aromatic carbocycles. The number of nitrogens with one attached hydrogen (secondary N) is 1. The molecule has 4 aliphatic heterocycles. The lowest BCUT2D eigenvalue weighted by atomic mass is 9.95. The van der Waals surface area contributed by atoms with Crippen LogP contribution in [0.4, 0.5) is 33.6 Å². The molecule has 1 N–H and O–H groups in total. The highest BCUT2D eigenvalue weighted by atomic mass is 35.5. The van der Waals surface area contributed by atoms with Gasteiger partial charge in [0.15, 0.2) is 11.6 Å². The van der Waals surface area contributed by atoms with Crippen molar-refractivity contribution in [1.82, 2.24) is 19.8 Å². The van der Waals surface area contributed by atoms with Crippen molar-refractivity contribution in [2.75, 3.05) is 49.6 Å². The lowest BCUT2D eigenvalue weighted by Gasteiger charge is -2.37. The number of rotatable bonds is 6. The Bertz CT molecular complexity index is 2470. The number of hydrogen-bond acceptors (Lipinski definition) is 12. The molecule has 18 heteroatoms. The number of carbonyl (C=O) groups is 2. The molecule has 3 fully saturated rings. The number of nitrogens with zero attached hydrogens (tertiary/aromatic N) is 6. The molecule has 0 bridgehead atoms. The van der Waals surface area contributed by atoms with Crippen LogP contribution in [0.1, 0.15) is 86.1 Å². The van der Waals surface area contributed by atoms with Crippen LogP contribution in [-0.4, -0.2) is 106 Å². The highest BCUT2D eigenvalue weighted by molar-refractivity contribution is 7.23. The van der Waals surface area contributed by atoms with Crippen LogP contribution in [0, 0.1) is 23.0 Å². The Balaban J connectivity index is 1.30. The summed E-state index contributed by atoms with van der Waals surface area (Å²) in [6.45, 7) is 14.5. The number of carbonyl (C=O) groups excluding carboxylic acids is 2. The molecule has 0 aliphatic carbocycles. The van der Waals surface area contributed by atoms with E-state index in [1.165, 1.54) is 6.07 Å². The van der Waals surface area contributed by atoms with Gasteiger partial charge in [0.25, 0.3) is 0 Å². The van der Waals surface area contributed by atoms with Crippen molar-refractivity contribution >= 4 is 66.9 Å². The summed E-state index contributed by atoms with van der Waals surface area (Å²) in [5.41, 5.74) is -2.61. The highest BCUT2D eigenvalue weighted by Gasteiger charge is 2.50. The molecule has 2 amide bonds. The summed E-state index contributed by atoms with van der Waals surface area (Å²) in [5.74, 6) is -1.26. The number of fused-ring (bicyclic) bond motifs is 2. The van der Waals surface area contributed by atoms with Crippen LogP contribution in [-0.2, 0) is 9.47 Å². The van der Waals surface area contributed by atoms with E-state index < -0.39 is 46.7 Å². The Morgan fingerprint density at radius 1 is 1.08 bits per heavy atom. The van der Waals surface area contributed by atoms with Crippen molar-refractivity contribution in [3.63, 3.8) is 0 Å². The van der Waals surface area contributed by atoms with E-state index in [0.717, 1.165) is 36.8 Å². The number of anilines is 2. The fourth-order valence-corrected chi connectivity index (χ4v) is 10.7. The third-order valence-corrected chi connectivity index (χ3v) is 13.2. The summed E-state index contributed by atoms with van der Waals surface area (Å²) in [5, 5.41) is 13.1. The molecule has 61 heavy (non-hydrogen) atoms. The van der Waals surface area contributed by atoms with E-state index in [-0.39, 0.29) is 90.6 Å². The minimum absolute atomic E-state index is 0.00566. The number of ether oxygens (including phenoxy) is 4. The summed E-state index contributed by atoms with van der Waals surface area (Å²) in [7, 11) is 0. The van der Waals surface area contributed by atoms with Gasteiger partial charge in [-0.05, 0) is 92.3 Å². The average Bonchev–Trinajstić information content (AvgIpc) is 3.91. The first-order chi connectivity index (χ1) is 28.8. The van der Waals surface area contributed by atoms with Gasteiger partial charge in [-0.3, -0.25) is 10.2 Å². The molecule has 326 valence electrons. The van der Waals surface area contributed by atoms with Crippen LogP contribution in [0.2, 0.25) is 5.02 Å². The zero-order valence-corrected chi connectivity index (χ0v) is 36.8. The minimum Gasteiger partial charge on any atom is -0.491 e. The zero-order chi connectivity index (χ0) is 43.8. The van der Waals surface area contributed by atoms with Crippen LogP contribution < -0.4 is 19.7 Å². The number of halogens is 4. The van der Waals surface area contributed by atoms with Gasteiger partial charge in [0.05, 0.1) is 44.9 Å². The van der Waals surface area contributed by atoms with Crippen LogP contribution >= 0.6 is 22.9 Å². The zero-order valence-electron chi connectivity index (χ0n) is 35.2. The van der Waals surface area contributed by atoms with Crippen molar-refractivity contribution < 1.29 is 41.7 Å². The second-order valence-electron chi connectivity index (χ2n) is 18.3.